The molecule has 1 aromatic carbocycles. The number of benzene rings is 1. The molecule has 6 heteroatoms. The number of halogens is 3. The second kappa shape index (κ2) is 9.94. The van der Waals surface area contributed by atoms with Gasteiger partial charge in [0.2, 0.25) is 0 Å². The summed E-state index contributed by atoms with van der Waals surface area (Å²) in [6.45, 7) is 5.76. The van der Waals surface area contributed by atoms with E-state index in [2.05, 4.69) is 15.6 Å². The second-order valence-electron chi connectivity index (χ2n) is 3.74. The fourth-order valence-corrected chi connectivity index (χ4v) is 1.56. The molecule has 0 aliphatic heterocycles. The average molecular weight is 383 g/mol. The molecule has 2 N–H and O–H groups in total. The highest BCUT2D eigenvalue weighted by atomic mass is 127. The summed E-state index contributed by atoms with van der Waals surface area (Å²) < 4.78 is 26.7. The van der Waals surface area contributed by atoms with Crippen molar-refractivity contribution in [2.75, 3.05) is 19.6 Å². The molecule has 0 radical (unpaired) electrons. The van der Waals surface area contributed by atoms with E-state index in [4.69, 9.17) is 0 Å². The number of aliphatic imine (C=N–C) groups is 1. The van der Waals surface area contributed by atoms with Crippen LogP contribution in [0.15, 0.2) is 23.2 Å². The first kappa shape index (κ1) is 18.1. The third kappa shape index (κ3) is 6.17. The quantitative estimate of drug-likeness (QED) is 0.466. The van der Waals surface area contributed by atoms with Gasteiger partial charge in [0.25, 0.3) is 0 Å². The summed E-state index contributed by atoms with van der Waals surface area (Å²) in [5.74, 6) is -0.367. The fraction of sp³-hybridized carbons (Fsp3) is 0.462. The molecule has 0 aliphatic rings. The van der Waals surface area contributed by atoms with Gasteiger partial charge in [-0.15, -0.1) is 24.0 Å². The minimum Gasteiger partial charge on any atom is -0.357 e. The summed E-state index contributed by atoms with van der Waals surface area (Å²) in [5.41, 5.74) is 0.0913. The van der Waals surface area contributed by atoms with E-state index in [1.165, 1.54) is 18.2 Å². The lowest BCUT2D eigenvalue weighted by atomic mass is 10.1. The Kier molecular flexibility index (Phi) is 9.46. The van der Waals surface area contributed by atoms with E-state index in [0.717, 1.165) is 13.1 Å². The third-order valence-corrected chi connectivity index (χ3v) is 2.38. The van der Waals surface area contributed by atoms with Crippen molar-refractivity contribution in [3.05, 3.63) is 35.4 Å². The summed E-state index contributed by atoms with van der Waals surface area (Å²) in [4.78, 5) is 4.24. The van der Waals surface area contributed by atoms with Crippen molar-refractivity contribution in [1.29, 1.82) is 0 Å². The first-order chi connectivity index (χ1) is 8.69. The molecule has 0 spiro atoms. The van der Waals surface area contributed by atoms with Crippen LogP contribution in [0.1, 0.15) is 19.4 Å². The van der Waals surface area contributed by atoms with E-state index in [-0.39, 0.29) is 36.0 Å². The normalized spacial score (nSPS) is 9.47. The molecule has 0 amide bonds. The molecule has 0 saturated carbocycles. The Labute approximate surface area is 129 Å². The lowest BCUT2D eigenvalue weighted by Gasteiger charge is -2.09. The van der Waals surface area contributed by atoms with Gasteiger partial charge in [0.1, 0.15) is 11.6 Å². The zero-order valence-electron chi connectivity index (χ0n) is 11.2. The fourth-order valence-electron chi connectivity index (χ4n) is 1.56. The number of nitrogens with zero attached hydrogens (tertiary/aromatic N) is 1. The van der Waals surface area contributed by atoms with Crippen LogP contribution >= 0.6 is 24.0 Å². The van der Waals surface area contributed by atoms with Gasteiger partial charge in [0, 0.05) is 25.2 Å². The van der Waals surface area contributed by atoms with Gasteiger partial charge in [-0.1, -0.05) is 6.07 Å². The predicted molar refractivity (Wildman–Crippen MR) is 85.1 cm³/mol. The average Bonchev–Trinajstić information content (AvgIpc) is 2.33. The highest BCUT2D eigenvalue weighted by molar-refractivity contribution is 14.0. The number of guanidine groups is 1. The standard InChI is InChI=1S/C13H19F2N3.HI/c1-3-16-13(17-4-2)18-9-8-10-11(14)6-5-7-12(10)15;/h5-7H,3-4,8-9H2,1-2H3,(H2,16,17,18);1H. The van der Waals surface area contributed by atoms with Crippen LogP contribution in [0, 0.1) is 11.6 Å². The van der Waals surface area contributed by atoms with Crippen LogP contribution in [-0.2, 0) is 6.42 Å². The van der Waals surface area contributed by atoms with E-state index < -0.39 is 11.6 Å². The summed E-state index contributed by atoms with van der Waals surface area (Å²) in [7, 11) is 0. The van der Waals surface area contributed by atoms with Crippen molar-refractivity contribution in [3.63, 3.8) is 0 Å². The summed E-state index contributed by atoms with van der Waals surface area (Å²) >= 11 is 0. The molecule has 0 aliphatic carbocycles. The van der Waals surface area contributed by atoms with Gasteiger partial charge in [-0.25, -0.2) is 8.78 Å². The molecule has 0 fully saturated rings. The van der Waals surface area contributed by atoms with Gasteiger partial charge >= 0.3 is 0 Å². The van der Waals surface area contributed by atoms with Gasteiger partial charge in [-0.3, -0.25) is 4.99 Å². The monoisotopic (exact) mass is 383 g/mol. The van der Waals surface area contributed by atoms with Crippen molar-refractivity contribution < 1.29 is 8.78 Å². The Morgan fingerprint density at radius 1 is 1.11 bits per heavy atom. The molecular formula is C13H20F2IN3. The molecular weight excluding hydrogens is 363 g/mol. The van der Waals surface area contributed by atoms with Gasteiger partial charge in [0.05, 0.1) is 0 Å². The second-order valence-corrected chi connectivity index (χ2v) is 3.74. The summed E-state index contributed by atoms with van der Waals surface area (Å²) in [6, 6.07) is 3.88. The Morgan fingerprint density at radius 2 is 1.63 bits per heavy atom. The van der Waals surface area contributed by atoms with Gasteiger partial charge in [-0.2, -0.15) is 0 Å². The minimum atomic E-state index is -0.515. The molecule has 3 nitrogen and oxygen atoms in total. The van der Waals surface area contributed by atoms with Gasteiger partial charge in [0.15, 0.2) is 5.96 Å². The van der Waals surface area contributed by atoms with E-state index in [9.17, 15) is 8.78 Å². The Balaban J connectivity index is 0.00000324. The van der Waals surface area contributed by atoms with Gasteiger partial charge in [-0.05, 0) is 32.4 Å². The van der Waals surface area contributed by atoms with Crippen molar-refractivity contribution in [2.45, 2.75) is 20.3 Å². The van der Waals surface area contributed by atoms with Crippen LogP contribution in [0.2, 0.25) is 0 Å². The lowest BCUT2D eigenvalue weighted by molar-refractivity contribution is 0.555. The largest absolute Gasteiger partial charge is 0.357 e. The Morgan fingerprint density at radius 3 is 2.11 bits per heavy atom. The van der Waals surface area contributed by atoms with E-state index >= 15 is 0 Å². The summed E-state index contributed by atoms with van der Waals surface area (Å²) in [5, 5.41) is 6.10. The van der Waals surface area contributed by atoms with Crippen LogP contribution in [0.5, 0.6) is 0 Å². The number of nitrogens with one attached hydrogen (secondary N) is 2. The number of hydrogen-bond donors (Lipinski definition) is 2. The smallest absolute Gasteiger partial charge is 0.191 e. The molecule has 0 aromatic heterocycles. The molecule has 19 heavy (non-hydrogen) atoms. The Hall–Kier alpha value is -0.920. The molecule has 0 atom stereocenters. The highest BCUT2D eigenvalue weighted by Gasteiger charge is 2.07. The van der Waals surface area contributed by atoms with Crippen LogP contribution in [0.25, 0.3) is 0 Å². The van der Waals surface area contributed by atoms with Crippen LogP contribution in [0.3, 0.4) is 0 Å². The van der Waals surface area contributed by atoms with Crippen LogP contribution in [0.4, 0.5) is 8.78 Å². The van der Waals surface area contributed by atoms with Crippen molar-refractivity contribution >= 4 is 29.9 Å². The maximum atomic E-state index is 13.4. The first-order valence-electron chi connectivity index (χ1n) is 6.14. The molecule has 0 bridgehead atoms. The van der Waals surface area contributed by atoms with Crippen molar-refractivity contribution in [1.82, 2.24) is 10.6 Å². The van der Waals surface area contributed by atoms with E-state index in [0.29, 0.717) is 12.5 Å². The number of rotatable bonds is 5. The molecule has 0 saturated heterocycles. The number of hydrogen-bond acceptors (Lipinski definition) is 1. The van der Waals surface area contributed by atoms with Crippen LogP contribution < -0.4 is 10.6 Å². The highest BCUT2D eigenvalue weighted by Crippen LogP contribution is 2.12. The maximum absolute atomic E-state index is 13.4. The first-order valence-corrected chi connectivity index (χ1v) is 6.14. The maximum Gasteiger partial charge on any atom is 0.191 e. The topological polar surface area (TPSA) is 36.4 Å². The molecule has 1 aromatic rings. The minimum absolute atomic E-state index is 0. The van der Waals surface area contributed by atoms with Crippen molar-refractivity contribution in [2.24, 2.45) is 4.99 Å². The molecule has 1 rings (SSSR count). The zero-order chi connectivity index (χ0) is 13.4. The summed E-state index contributed by atoms with van der Waals surface area (Å²) in [6.07, 6.45) is 0.249. The molecule has 0 unspecified atom stereocenters. The van der Waals surface area contributed by atoms with Crippen molar-refractivity contribution in [3.8, 4) is 0 Å². The third-order valence-electron chi connectivity index (χ3n) is 2.38. The lowest BCUT2D eigenvalue weighted by Crippen LogP contribution is -2.37. The van der Waals surface area contributed by atoms with Gasteiger partial charge < -0.3 is 10.6 Å². The van der Waals surface area contributed by atoms with E-state index in [1.54, 1.807) is 0 Å². The molecule has 0 heterocycles. The van der Waals surface area contributed by atoms with E-state index in [1.807, 2.05) is 13.8 Å². The SMILES string of the molecule is CCNC(=NCCc1c(F)cccc1F)NCC.I. The zero-order valence-corrected chi connectivity index (χ0v) is 13.5. The predicted octanol–water partition coefficient (Wildman–Crippen LogP) is 2.70. The van der Waals surface area contributed by atoms with Crippen LogP contribution in [-0.4, -0.2) is 25.6 Å². The molecule has 108 valence electrons. The Bertz CT molecular complexity index is 383.